The van der Waals surface area contributed by atoms with E-state index in [0.29, 0.717) is 18.3 Å². The van der Waals surface area contributed by atoms with Gasteiger partial charge in [0.2, 0.25) is 11.8 Å². The van der Waals surface area contributed by atoms with Gasteiger partial charge >= 0.3 is 0 Å². The maximum atomic E-state index is 5.84. The van der Waals surface area contributed by atoms with Gasteiger partial charge in [-0.05, 0) is 35.7 Å². The van der Waals surface area contributed by atoms with Crippen LogP contribution in [0.5, 0.6) is 5.75 Å². The lowest BCUT2D eigenvalue weighted by Gasteiger charge is -2.33. The number of hydrogen-bond acceptors (Lipinski definition) is 7. The molecule has 3 aromatic rings. The summed E-state index contributed by atoms with van der Waals surface area (Å²) in [4.78, 5) is 6.30. The second kappa shape index (κ2) is 7.99. The third-order valence-corrected chi connectivity index (χ3v) is 5.45. The molecule has 1 aromatic carbocycles. The molecule has 26 heavy (non-hydrogen) atoms. The number of rotatable bonds is 6. The van der Waals surface area contributed by atoms with Gasteiger partial charge in [-0.3, -0.25) is 9.80 Å². The van der Waals surface area contributed by atoms with Crippen LogP contribution in [0.25, 0.3) is 11.5 Å². The summed E-state index contributed by atoms with van der Waals surface area (Å²) in [5, 5.41) is 10.5. The fraction of sp³-hybridized carbons (Fsp3) is 0.368. The molecule has 0 aliphatic carbocycles. The number of benzene rings is 1. The number of piperazine rings is 1. The molecule has 2 aromatic heterocycles. The average Bonchev–Trinajstić information content (AvgIpc) is 3.36. The zero-order chi connectivity index (χ0) is 17.8. The molecule has 4 rings (SSSR count). The predicted octanol–water partition coefficient (Wildman–Crippen LogP) is 3.12. The van der Waals surface area contributed by atoms with Crippen molar-refractivity contribution in [2.24, 2.45) is 0 Å². The minimum atomic E-state index is 0.555. The third kappa shape index (κ3) is 4.12. The summed E-state index contributed by atoms with van der Waals surface area (Å²) < 4.78 is 11.0. The molecule has 0 saturated carbocycles. The van der Waals surface area contributed by atoms with Crippen LogP contribution in [0, 0.1) is 0 Å². The van der Waals surface area contributed by atoms with Crippen LogP contribution in [-0.4, -0.2) is 53.3 Å². The van der Waals surface area contributed by atoms with E-state index in [1.807, 2.05) is 35.6 Å². The highest BCUT2D eigenvalue weighted by molar-refractivity contribution is 7.09. The van der Waals surface area contributed by atoms with Crippen LogP contribution in [0.2, 0.25) is 0 Å². The predicted molar refractivity (Wildman–Crippen MR) is 101 cm³/mol. The largest absolute Gasteiger partial charge is 0.497 e. The fourth-order valence-corrected chi connectivity index (χ4v) is 3.83. The summed E-state index contributed by atoms with van der Waals surface area (Å²) in [7, 11) is 1.65. The monoisotopic (exact) mass is 370 g/mol. The summed E-state index contributed by atoms with van der Waals surface area (Å²) in [5.41, 5.74) is 0.908. The van der Waals surface area contributed by atoms with E-state index in [1.165, 1.54) is 4.88 Å². The molecule has 1 aliphatic rings. The lowest BCUT2D eigenvalue weighted by Crippen LogP contribution is -2.45. The average molecular weight is 370 g/mol. The van der Waals surface area contributed by atoms with Crippen LogP contribution >= 0.6 is 11.3 Å². The van der Waals surface area contributed by atoms with E-state index in [2.05, 4.69) is 37.5 Å². The number of nitrogens with zero attached hydrogens (tertiary/aromatic N) is 4. The molecule has 0 N–H and O–H groups in total. The molecule has 1 saturated heterocycles. The van der Waals surface area contributed by atoms with Crippen LogP contribution < -0.4 is 4.74 Å². The van der Waals surface area contributed by atoms with Crippen molar-refractivity contribution >= 4 is 11.3 Å². The molecule has 3 heterocycles. The molecule has 0 spiro atoms. The summed E-state index contributed by atoms with van der Waals surface area (Å²) in [6.45, 7) is 5.93. The highest BCUT2D eigenvalue weighted by Gasteiger charge is 2.19. The van der Waals surface area contributed by atoms with Crippen molar-refractivity contribution in [3.8, 4) is 17.2 Å². The van der Waals surface area contributed by atoms with E-state index in [4.69, 9.17) is 9.15 Å². The van der Waals surface area contributed by atoms with E-state index in [1.54, 1.807) is 7.11 Å². The summed E-state index contributed by atoms with van der Waals surface area (Å²) in [6, 6.07) is 12.0. The normalized spacial score (nSPS) is 16.0. The van der Waals surface area contributed by atoms with E-state index in [-0.39, 0.29) is 0 Å². The molecule has 1 aliphatic heterocycles. The van der Waals surface area contributed by atoms with Gasteiger partial charge < -0.3 is 9.15 Å². The Morgan fingerprint density at radius 1 is 1.00 bits per heavy atom. The zero-order valence-electron chi connectivity index (χ0n) is 14.8. The molecule has 0 amide bonds. The minimum absolute atomic E-state index is 0.555. The second-order valence-electron chi connectivity index (χ2n) is 6.36. The van der Waals surface area contributed by atoms with Gasteiger partial charge in [0.05, 0.1) is 13.7 Å². The van der Waals surface area contributed by atoms with E-state index in [0.717, 1.165) is 44.0 Å². The Morgan fingerprint density at radius 3 is 2.38 bits per heavy atom. The van der Waals surface area contributed by atoms with Gasteiger partial charge in [-0.15, -0.1) is 21.5 Å². The molecule has 6 nitrogen and oxygen atoms in total. The van der Waals surface area contributed by atoms with Crippen molar-refractivity contribution in [1.82, 2.24) is 20.0 Å². The Hall–Kier alpha value is -2.22. The third-order valence-electron chi connectivity index (χ3n) is 4.59. The van der Waals surface area contributed by atoms with E-state index in [9.17, 15) is 0 Å². The first-order chi connectivity index (χ1) is 12.8. The van der Waals surface area contributed by atoms with Crippen molar-refractivity contribution in [1.29, 1.82) is 0 Å². The Bertz CT molecular complexity index is 808. The number of ether oxygens (including phenoxy) is 1. The van der Waals surface area contributed by atoms with Crippen LogP contribution in [0.4, 0.5) is 0 Å². The van der Waals surface area contributed by atoms with Gasteiger partial charge in [0.25, 0.3) is 0 Å². The molecular formula is C19H22N4O2S. The van der Waals surface area contributed by atoms with E-state index >= 15 is 0 Å². The SMILES string of the molecule is COc1ccc(-c2nnc(CN3CCN(Cc4cccs4)CC3)o2)cc1. The highest BCUT2D eigenvalue weighted by Crippen LogP contribution is 2.22. The lowest BCUT2D eigenvalue weighted by molar-refractivity contribution is 0.115. The maximum Gasteiger partial charge on any atom is 0.247 e. The van der Waals surface area contributed by atoms with Crippen molar-refractivity contribution in [3.05, 3.63) is 52.5 Å². The van der Waals surface area contributed by atoms with Gasteiger partial charge in [0.1, 0.15) is 5.75 Å². The molecule has 0 unspecified atom stereocenters. The van der Waals surface area contributed by atoms with Gasteiger partial charge in [0.15, 0.2) is 0 Å². The minimum Gasteiger partial charge on any atom is -0.497 e. The van der Waals surface area contributed by atoms with E-state index < -0.39 is 0 Å². The molecular weight excluding hydrogens is 348 g/mol. The topological polar surface area (TPSA) is 54.6 Å². The Kier molecular flexibility index (Phi) is 5.29. The molecule has 136 valence electrons. The van der Waals surface area contributed by atoms with Crippen LogP contribution in [0.3, 0.4) is 0 Å². The molecule has 7 heteroatoms. The first-order valence-electron chi connectivity index (χ1n) is 8.74. The van der Waals surface area contributed by atoms with Crippen molar-refractivity contribution in [3.63, 3.8) is 0 Å². The van der Waals surface area contributed by atoms with Gasteiger partial charge in [-0.25, -0.2) is 0 Å². The zero-order valence-corrected chi connectivity index (χ0v) is 15.6. The first kappa shape index (κ1) is 17.2. The fourth-order valence-electron chi connectivity index (χ4n) is 3.09. The van der Waals surface area contributed by atoms with Crippen LogP contribution in [0.15, 0.2) is 46.2 Å². The van der Waals surface area contributed by atoms with Crippen molar-refractivity contribution in [2.45, 2.75) is 13.1 Å². The van der Waals surface area contributed by atoms with Crippen LogP contribution in [-0.2, 0) is 13.1 Å². The molecule has 1 fully saturated rings. The second-order valence-corrected chi connectivity index (χ2v) is 7.39. The molecule has 0 atom stereocenters. The highest BCUT2D eigenvalue weighted by atomic mass is 32.1. The van der Waals surface area contributed by atoms with Gasteiger partial charge in [-0.1, -0.05) is 6.07 Å². The number of hydrogen-bond donors (Lipinski definition) is 0. The number of methoxy groups -OCH3 is 1. The Balaban J connectivity index is 1.30. The summed E-state index contributed by atoms with van der Waals surface area (Å²) in [6.07, 6.45) is 0. The van der Waals surface area contributed by atoms with Gasteiger partial charge in [0, 0.05) is 43.2 Å². The van der Waals surface area contributed by atoms with Crippen molar-refractivity contribution in [2.75, 3.05) is 33.3 Å². The Morgan fingerprint density at radius 2 is 1.73 bits per heavy atom. The Labute approximate surface area is 157 Å². The summed E-state index contributed by atoms with van der Waals surface area (Å²) >= 11 is 1.83. The maximum absolute atomic E-state index is 5.84. The number of thiophene rings is 1. The smallest absolute Gasteiger partial charge is 0.247 e. The van der Waals surface area contributed by atoms with Crippen molar-refractivity contribution < 1.29 is 9.15 Å². The number of aromatic nitrogens is 2. The standard InChI is InChI=1S/C19H22N4O2S/c1-24-16-6-4-15(5-7-16)19-21-20-18(25-19)14-23-10-8-22(9-11-23)13-17-3-2-12-26-17/h2-7,12H,8-11,13-14H2,1H3. The molecule has 0 bridgehead atoms. The first-order valence-corrected chi connectivity index (χ1v) is 9.62. The molecule has 0 radical (unpaired) electrons. The van der Waals surface area contributed by atoms with Crippen LogP contribution in [0.1, 0.15) is 10.8 Å². The lowest BCUT2D eigenvalue weighted by atomic mass is 10.2. The van der Waals surface area contributed by atoms with Gasteiger partial charge in [-0.2, -0.15) is 0 Å². The quantitative estimate of drug-likeness (QED) is 0.664. The summed E-state index contributed by atoms with van der Waals surface area (Å²) in [5.74, 6) is 2.04.